The minimum absolute atomic E-state index is 0.705. The fraction of sp³-hybridized carbons (Fsp3) is 0.600. The van der Waals surface area contributed by atoms with E-state index in [-0.39, 0.29) is 0 Å². The molecule has 0 fully saturated rings. The zero-order valence-corrected chi connectivity index (χ0v) is 9.12. The lowest BCUT2D eigenvalue weighted by Gasteiger charge is -2.19. The van der Waals surface area contributed by atoms with Gasteiger partial charge < -0.3 is 10.2 Å². The van der Waals surface area contributed by atoms with Gasteiger partial charge >= 0.3 is 0 Å². The predicted molar refractivity (Wildman–Crippen MR) is 59.8 cm³/mol. The molecule has 0 aliphatic rings. The molecule has 1 aromatic rings. The van der Waals surface area contributed by atoms with E-state index < -0.39 is 0 Å². The van der Waals surface area contributed by atoms with E-state index in [1.54, 1.807) is 6.20 Å². The highest BCUT2D eigenvalue weighted by atomic mass is 15.2. The van der Waals surface area contributed by atoms with Gasteiger partial charge in [-0.05, 0) is 26.8 Å². The fourth-order valence-corrected chi connectivity index (χ4v) is 1.32. The van der Waals surface area contributed by atoms with Crippen LogP contribution >= 0.6 is 0 Å². The molecule has 0 unspecified atom stereocenters. The van der Waals surface area contributed by atoms with Gasteiger partial charge in [0, 0.05) is 25.8 Å². The largest absolute Gasteiger partial charge is 0.357 e. The SMILES string of the molecule is CCNc1nccc(N(CC)CC)n1. The first-order chi connectivity index (χ1) is 6.81. The normalized spacial score (nSPS) is 9.93. The highest BCUT2D eigenvalue weighted by molar-refractivity contribution is 5.42. The predicted octanol–water partition coefficient (Wildman–Crippen LogP) is 1.75. The van der Waals surface area contributed by atoms with Crippen molar-refractivity contribution >= 4 is 11.8 Å². The van der Waals surface area contributed by atoms with Crippen LogP contribution in [0.1, 0.15) is 20.8 Å². The van der Waals surface area contributed by atoms with Crippen LogP contribution in [0, 0.1) is 0 Å². The van der Waals surface area contributed by atoms with Gasteiger partial charge in [0.05, 0.1) is 0 Å². The monoisotopic (exact) mass is 194 g/mol. The summed E-state index contributed by atoms with van der Waals surface area (Å²) in [6, 6.07) is 1.94. The van der Waals surface area contributed by atoms with E-state index in [9.17, 15) is 0 Å². The lowest BCUT2D eigenvalue weighted by atomic mass is 10.4. The summed E-state index contributed by atoms with van der Waals surface area (Å²) in [6.45, 7) is 9.07. The van der Waals surface area contributed by atoms with Gasteiger partial charge in [0.2, 0.25) is 5.95 Å². The summed E-state index contributed by atoms with van der Waals surface area (Å²) in [5, 5.41) is 3.10. The molecule has 4 nitrogen and oxygen atoms in total. The zero-order valence-electron chi connectivity index (χ0n) is 9.12. The van der Waals surface area contributed by atoms with Gasteiger partial charge in [-0.1, -0.05) is 0 Å². The molecular formula is C10H18N4. The summed E-state index contributed by atoms with van der Waals surface area (Å²) < 4.78 is 0. The topological polar surface area (TPSA) is 41.1 Å². The van der Waals surface area contributed by atoms with Crippen molar-refractivity contribution in [2.24, 2.45) is 0 Å². The van der Waals surface area contributed by atoms with Crippen LogP contribution < -0.4 is 10.2 Å². The molecule has 0 atom stereocenters. The van der Waals surface area contributed by atoms with Crippen molar-refractivity contribution in [3.63, 3.8) is 0 Å². The van der Waals surface area contributed by atoms with Crippen molar-refractivity contribution in [2.75, 3.05) is 29.9 Å². The van der Waals surface area contributed by atoms with E-state index in [1.165, 1.54) is 0 Å². The van der Waals surface area contributed by atoms with Crippen molar-refractivity contribution < 1.29 is 0 Å². The van der Waals surface area contributed by atoms with Gasteiger partial charge in [0.1, 0.15) is 5.82 Å². The Hall–Kier alpha value is -1.32. The average molecular weight is 194 g/mol. The van der Waals surface area contributed by atoms with Crippen molar-refractivity contribution in [2.45, 2.75) is 20.8 Å². The number of nitrogens with zero attached hydrogens (tertiary/aromatic N) is 3. The molecule has 1 heterocycles. The molecule has 0 saturated carbocycles. The number of aromatic nitrogens is 2. The van der Waals surface area contributed by atoms with Gasteiger partial charge in [-0.2, -0.15) is 4.98 Å². The molecule has 0 spiro atoms. The van der Waals surface area contributed by atoms with Crippen LogP contribution in [0.2, 0.25) is 0 Å². The molecule has 0 amide bonds. The molecule has 78 valence electrons. The first-order valence-corrected chi connectivity index (χ1v) is 5.13. The maximum Gasteiger partial charge on any atom is 0.224 e. The second-order valence-electron chi connectivity index (χ2n) is 2.94. The van der Waals surface area contributed by atoms with E-state index >= 15 is 0 Å². The van der Waals surface area contributed by atoms with Crippen LogP contribution in [0.4, 0.5) is 11.8 Å². The lowest BCUT2D eigenvalue weighted by Crippen LogP contribution is -2.23. The quantitative estimate of drug-likeness (QED) is 0.775. The molecule has 0 aliphatic heterocycles. The maximum absolute atomic E-state index is 4.41. The number of hydrogen-bond donors (Lipinski definition) is 1. The molecule has 14 heavy (non-hydrogen) atoms. The van der Waals surface area contributed by atoms with Gasteiger partial charge in [-0.15, -0.1) is 0 Å². The molecule has 0 aliphatic carbocycles. The molecule has 0 aromatic carbocycles. The van der Waals surface area contributed by atoms with E-state index in [4.69, 9.17) is 0 Å². The Balaban J connectivity index is 2.81. The Morgan fingerprint density at radius 1 is 1.29 bits per heavy atom. The first kappa shape index (κ1) is 10.8. The van der Waals surface area contributed by atoms with Gasteiger partial charge in [0.15, 0.2) is 0 Å². The standard InChI is InChI=1S/C10H18N4/c1-4-11-10-12-8-7-9(13-10)14(5-2)6-3/h7-8H,4-6H2,1-3H3,(H,11,12,13). The Morgan fingerprint density at radius 3 is 2.57 bits per heavy atom. The van der Waals surface area contributed by atoms with Crippen LogP contribution in [0.15, 0.2) is 12.3 Å². The molecular weight excluding hydrogens is 176 g/mol. The Bertz CT molecular complexity index is 271. The van der Waals surface area contributed by atoms with E-state index in [1.807, 2.05) is 13.0 Å². The molecule has 1 aromatic heterocycles. The smallest absolute Gasteiger partial charge is 0.224 e. The molecule has 0 radical (unpaired) electrons. The minimum Gasteiger partial charge on any atom is -0.357 e. The number of rotatable bonds is 5. The Kier molecular flexibility index (Phi) is 4.16. The van der Waals surface area contributed by atoms with E-state index in [0.717, 1.165) is 25.5 Å². The molecule has 0 bridgehead atoms. The van der Waals surface area contributed by atoms with Crippen molar-refractivity contribution in [1.29, 1.82) is 0 Å². The summed E-state index contributed by atoms with van der Waals surface area (Å²) in [5.74, 6) is 1.69. The van der Waals surface area contributed by atoms with Crippen molar-refractivity contribution in [1.82, 2.24) is 9.97 Å². The molecule has 0 saturated heterocycles. The van der Waals surface area contributed by atoms with Crippen molar-refractivity contribution in [3.8, 4) is 0 Å². The Morgan fingerprint density at radius 2 is 2.00 bits per heavy atom. The van der Waals surface area contributed by atoms with Gasteiger partial charge in [-0.25, -0.2) is 4.98 Å². The van der Waals surface area contributed by atoms with Crippen LogP contribution in [-0.2, 0) is 0 Å². The first-order valence-electron chi connectivity index (χ1n) is 5.13. The van der Waals surface area contributed by atoms with Gasteiger partial charge in [0.25, 0.3) is 0 Å². The summed E-state index contributed by atoms with van der Waals surface area (Å²) >= 11 is 0. The van der Waals surface area contributed by atoms with E-state index in [2.05, 4.69) is 34.0 Å². The maximum atomic E-state index is 4.41. The second-order valence-corrected chi connectivity index (χ2v) is 2.94. The molecule has 1 rings (SSSR count). The zero-order chi connectivity index (χ0) is 10.4. The molecule has 4 heteroatoms. The lowest BCUT2D eigenvalue weighted by molar-refractivity contribution is 0.841. The number of nitrogens with one attached hydrogen (secondary N) is 1. The fourth-order valence-electron chi connectivity index (χ4n) is 1.32. The highest BCUT2D eigenvalue weighted by Gasteiger charge is 2.03. The van der Waals surface area contributed by atoms with Crippen LogP contribution in [0.25, 0.3) is 0 Å². The third kappa shape index (κ3) is 2.58. The van der Waals surface area contributed by atoms with Crippen molar-refractivity contribution in [3.05, 3.63) is 12.3 Å². The number of hydrogen-bond acceptors (Lipinski definition) is 4. The van der Waals surface area contributed by atoms with Crippen LogP contribution in [-0.4, -0.2) is 29.6 Å². The highest BCUT2D eigenvalue weighted by Crippen LogP contribution is 2.10. The average Bonchev–Trinajstić information content (AvgIpc) is 2.21. The summed E-state index contributed by atoms with van der Waals surface area (Å²) in [4.78, 5) is 10.7. The van der Waals surface area contributed by atoms with Crippen LogP contribution in [0.3, 0.4) is 0 Å². The van der Waals surface area contributed by atoms with E-state index in [0.29, 0.717) is 5.95 Å². The van der Waals surface area contributed by atoms with Gasteiger partial charge in [-0.3, -0.25) is 0 Å². The third-order valence-corrected chi connectivity index (χ3v) is 2.06. The summed E-state index contributed by atoms with van der Waals surface area (Å²) in [5.41, 5.74) is 0. The minimum atomic E-state index is 0.705. The number of anilines is 2. The Labute approximate surface area is 85.4 Å². The van der Waals surface area contributed by atoms with Crippen LogP contribution in [0.5, 0.6) is 0 Å². The molecule has 1 N–H and O–H groups in total. The summed E-state index contributed by atoms with van der Waals surface area (Å²) in [7, 11) is 0. The summed E-state index contributed by atoms with van der Waals surface area (Å²) in [6.07, 6.45) is 1.79. The second kappa shape index (κ2) is 5.42. The third-order valence-electron chi connectivity index (χ3n) is 2.06.